The van der Waals surface area contributed by atoms with Gasteiger partial charge in [0, 0.05) is 23.2 Å². The summed E-state index contributed by atoms with van der Waals surface area (Å²) in [6.45, 7) is 0. The third-order valence-electron chi connectivity index (χ3n) is 3.00. The average molecular weight is 328 g/mol. The van der Waals surface area contributed by atoms with Crippen molar-refractivity contribution in [1.82, 2.24) is 0 Å². The van der Waals surface area contributed by atoms with Gasteiger partial charge >= 0.3 is 11.9 Å². The normalized spacial score (nSPS) is 13.6. The largest absolute Gasteiger partial charge is 0.481 e. The quantitative estimate of drug-likeness (QED) is 0.576. The van der Waals surface area contributed by atoms with Gasteiger partial charge in [-0.25, -0.2) is 0 Å². The smallest absolute Gasteiger partial charge is 0.307 e. The summed E-state index contributed by atoms with van der Waals surface area (Å²) >= 11 is 6.04. The third-order valence-corrected chi connectivity index (χ3v) is 4.89. The highest BCUT2D eigenvalue weighted by molar-refractivity contribution is 8.00. The highest BCUT2D eigenvalue weighted by Crippen LogP contribution is 2.19. The molecule has 6 heteroatoms. The molecule has 0 aliphatic heterocycles. The van der Waals surface area contributed by atoms with Gasteiger partial charge in [0.15, 0.2) is 0 Å². The Bertz CT molecular complexity index is 450. The summed E-state index contributed by atoms with van der Waals surface area (Å²) in [4.78, 5) is 21.6. The van der Waals surface area contributed by atoms with Gasteiger partial charge < -0.3 is 10.2 Å². The van der Waals surface area contributed by atoms with Gasteiger partial charge in [-0.05, 0) is 18.4 Å². The molecule has 1 aromatic carbocycles. The predicted molar refractivity (Wildman–Crippen MR) is 88.2 cm³/mol. The van der Waals surface area contributed by atoms with Crippen molar-refractivity contribution in [3.8, 4) is 0 Å². The van der Waals surface area contributed by atoms with Gasteiger partial charge in [0.1, 0.15) is 0 Å². The zero-order valence-electron chi connectivity index (χ0n) is 11.6. The van der Waals surface area contributed by atoms with Crippen LogP contribution in [-0.2, 0) is 16.0 Å². The third kappa shape index (κ3) is 8.02. The van der Waals surface area contributed by atoms with Gasteiger partial charge in [0.2, 0.25) is 0 Å². The number of hydrogen-bond donors (Lipinski definition) is 3. The highest BCUT2D eigenvalue weighted by Gasteiger charge is 2.19. The van der Waals surface area contributed by atoms with Crippen LogP contribution in [0.5, 0.6) is 0 Å². The number of carboxylic acids is 2. The van der Waals surface area contributed by atoms with E-state index in [-0.39, 0.29) is 18.1 Å². The Morgan fingerprint density at radius 3 is 2.38 bits per heavy atom. The van der Waals surface area contributed by atoms with Crippen LogP contribution in [0, 0.1) is 5.92 Å². The van der Waals surface area contributed by atoms with E-state index in [9.17, 15) is 9.59 Å². The monoisotopic (exact) mass is 328 g/mol. The zero-order chi connectivity index (χ0) is 15.7. The molecule has 0 amide bonds. The van der Waals surface area contributed by atoms with E-state index in [0.717, 1.165) is 12.2 Å². The molecule has 0 spiro atoms. The van der Waals surface area contributed by atoms with E-state index in [1.807, 2.05) is 30.3 Å². The molecule has 1 rings (SSSR count). The Morgan fingerprint density at radius 2 is 1.81 bits per heavy atom. The van der Waals surface area contributed by atoms with Crippen LogP contribution in [0.1, 0.15) is 18.4 Å². The first-order valence-corrected chi connectivity index (χ1v) is 8.40. The van der Waals surface area contributed by atoms with Crippen LogP contribution >= 0.6 is 24.4 Å². The maximum Gasteiger partial charge on any atom is 0.307 e. The molecular formula is C15H20O4S2. The lowest BCUT2D eigenvalue weighted by atomic mass is 10.1. The van der Waals surface area contributed by atoms with Crippen LogP contribution in [0.3, 0.4) is 0 Å². The minimum absolute atomic E-state index is 0.105. The fraction of sp³-hybridized carbons (Fsp3) is 0.467. The fourth-order valence-corrected chi connectivity index (χ4v) is 3.51. The molecule has 0 saturated heterocycles. The van der Waals surface area contributed by atoms with Crippen LogP contribution in [0.15, 0.2) is 30.3 Å². The molecule has 1 aromatic rings. The van der Waals surface area contributed by atoms with Crippen molar-refractivity contribution in [3.63, 3.8) is 0 Å². The number of carbonyl (C=O) groups is 2. The van der Waals surface area contributed by atoms with Gasteiger partial charge in [-0.3, -0.25) is 9.59 Å². The number of thiol groups is 1. The van der Waals surface area contributed by atoms with Crippen LogP contribution in [-0.4, -0.2) is 38.9 Å². The van der Waals surface area contributed by atoms with Crippen LogP contribution in [0.2, 0.25) is 0 Å². The standard InChI is InChI=1S/C15H20O4S2/c16-14(17)7-6-12(15(18)19)9-21-10-13(20)8-11-4-2-1-3-5-11/h1-5,12-13,20H,6-10H2,(H,16,17)(H,18,19). The SMILES string of the molecule is O=C(O)CCC(CSCC(S)Cc1ccccc1)C(=O)O. The molecule has 2 unspecified atom stereocenters. The number of thioether (sulfide) groups is 1. The van der Waals surface area contributed by atoms with Gasteiger partial charge in [-0.1, -0.05) is 30.3 Å². The molecule has 0 fully saturated rings. The first-order chi connectivity index (χ1) is 9.99. The minimum Gasteiger partial charge on any atom is -0.481 e. The average Bonchev–Trinajstić information content (AvgIpc) is 2.43. The molecule has 2 atom stereocenters. The number of hydrogen-bond acceptors (Lipinski definition) is 4. The minimum atomic E-state index is -0.956. The van der Waals surface area contributed by atoms with Gasteiger partial charge in [0.05, 0.1) is 5.92 Å². The van der Waals surface area contributed by atoms with Crippen molar-refractivity contribution in [3.05, 3.63) is 35.9 Å². The van der Waals surface area contributed by atoms with Crippen LogP contribution < -0.4 is 0 Å². The lowest BCUT2D eigenvalue weighted by molar-refractivity contribution is -0.142. The van der Waals surface area contributed by atoms with Crippen LogP contribution in [0.4, 0.5) is 0 Å². The second-order valence-electron chi connectivity index (χ2n) is 4.85. The number of aliphatic carboxylic acids is 2. The van der Waals surface area contributed by atoms with E-state index in [1.54, 1.807) is 0 Å². The van der Waals surface area contributed by atoms with Crippen molar-refractivity contribution in [2.45, 2.75) is 24.5 Å². The summed E-state index contributed by atoms with van der Waals surface area (Å²) in [6.07, 6.45) is 0.906. The van der Waals surface area contributed by atoms with Crippen molar-refractivity contribution in [2.24, 2.45) is 5.92 Å². The van der Waals surface area contributed by atoms with Gasteiger partial charge in [-0.15, -0.1) is 0 Å². The topological polar surface area (TPSA) is 74.6 Å². The molecular weight excluding hydrogens is 308 g/mol. The molecule has 0 aromatic heterocycles. The summed E-state index contributed by atoms with van der Waals surface area (Å²) in [6, 6.07) is 10.0. The first kappa shape index (κ1) is 17.9. The molecule has 0 heterocycles. The summed E-state index contributed by atoms with van der Waals surface area (Å²) in [5.41, 5.74) is 1.21. The maximum absolute atomic E-state index is 11.1. The van der Waals surface area contributed by atoms with Crippen molar-refractivity contribution < 1.29 is 19.8 Å². The second-order valence-corrected chi connectivity index (χ2v) is 6.65. The molecule has 0 radical (unpaired) electrons. The number of benzene rings is 1. The predicted octanol–water partition coefficient (Wildman–Crippen LogP) is 2.83. The Morgan fingerprint density at radius 1 is 1.14 bits per heavy atom. The van der Waals surface area contributed by atoms with E-state index in [1.165, 1.54) is 17.3 Å². The Balaban J connectivity index is 2.29. The van der Waals surface area contributed by atoms with Gasteiger partial charge in [-0.2, -0.15) is 24.4 Å². The van der Waals surface area contributed by atoms with E-state index < -0.39 is 17.9 Å². The molecule has 2 N–H and O–H groups in total. The van der Waals surface area contributed by atoms with Gasteiger partial charge in [0.25, 0.3) is 0 Å². The molecule has 0 aliphatic rings. The van der Waals surface area contributed by atoms with E-state index in [2.05, 4.69) is 12.6 Å². The lowest BCUT2D eigenvalue weighted by Gasteiger charge is -2.13. The van der Waals surface area contributed by atoms with Crippen LogP contribution in [0.25, 0.3) is 0 Å². The van der Waals surface area contributed by atoms with E-state index >= 15 is 0 Å². The summed E-state index contributed by atoms with van der Waals surface area (Å²) < 4.78 is 0. The van der Waals surface area contributed by atoms with E-state index in [4.69, 9.17) is 10.2 Å². The second kappa shape index (κ2) is 9.73. The molecule has 4 nitrogen and oxygen atoms in total. The zero-order valence-corrected chi connectivity index (χ0v) is 13.4. The number of rotatable bonds is 10. The maximum atomic E-state index is 11.1. The Kier molecular flexibility index (Phi) is 8.30. The Labute approximate surface area is 134 Å². The van der Waals surface area contributed by atoms with Crippen molar-refractivity contribution in [1.29, 1.82) is 0 Å². The summed E-state index contributed by atoms with van der Waals surface area (Å²) in [5.74, 6) is -1.32. The molecule has 0 bridgehead atoms. The highest BCUT2D eigenvalue weighted by atomic mass is 32.2. The lowest BCUT2D eigenvalue weighted by Crippen LogP contribution is -2.19. The molecule has 21 heavy (non-hydrogen) atoms. The summed E-state index contributed by atoms with van der Waals surface area (Å²) in [7, 11) is 0. The van der Waals surface area contributed by atoms with Crippen molar-refractivity contribution in [2.75, 3.05) is 11.5 Å². The first-order valence-electron chi connectivity index (χ1n) is 6.73. The fourth-order valence-electron chi connectivity index (χ4n) is 1.87. The van der Waals surface area contributed by atoms with Crippen molar-refractivity contribution >= 4 is 36.3 Å². The Hall–Kier alpha value is -1.14. The summed E-state index contributed by atoms with van der Waals surface area (Å²) in [5, 5.41) is 17.8. The number of carboxylic acid groups (broad SMARTS) is 2. The molecule has 116 valence electrons. The molecule has 0 saturated carbocycles. The molecule has 0 aliphatic carbocycles. The van der Waals surface area contributed by atoms with E-state index in [0.29, 0.717) is 5.75 Å².